The fraction of sp³-hybridized carbons (Fsp3) is 0.471. The van der Waals surface area contributed by atoms with Crippen molar-refractivity contribution >= 4 is 27.5 Å². The van der Waals surface area contributed by atoms with Crippen molar-refractivity contribution in [3.63, 3.8) is 0 Å². The third-order valence-corrected chi connectivity index (χ3v) is 6.85. The Bertz CT molecular complexity index is 789. The predicted octanol–water partition coefficient (Wildman–Crippen LogP) is 2.67. The Balaban J connectivity index is 1.61. The molecule has 1 heterocycles. The minimum absolute atomic E-state index is 0.0326. The number of rotatable bonds is 4. The maximum absolute atomic E-state index is 13.2. The molecule has 2 aliphatic rings. The van der Waals surface area contributed by atoms with Gasteiger partial charge < -0.3 is 4.90 Å². The zero-order valence-corrected chi connectivity index (χ0v) is 15.3. The van der Waals surface area contributed by atoms with Gasteiger partial charge in [0.05, 0.1) is 9.92 Å². The Morgan fingerprint density at radius 1 is 1.24 bits per heavy atom. The number of piperazine rings is 1. The molecule has 0 aromatic heterocycles. The van der Waals surface area contributed by atoms with Gasteiger partial charge in [-0.05, 0) is 37.0 Å². The molecule has 1 fully saturated rings. The first kappa shape index (κ1) is 18.4. The van der Waals surface area contributed by atoms with E-state index in [0.29, 0.717) is 25.4 Å². The van der Waals surface area contributed by atoms with Crippen molar-refractivity contribution in [3.8, 4) is 0 Å². The number of amides is 1. The first-order valence-electron chi connectivity index (χ1n) is 8.27. The quantitative estimate of drug-likeness (QED) is 0.747. The van der Waals surface area contributed by atoms with Gasteiger partial charge in [-0.15, -0.1) is 0 Å². The molecule has 1 aliphatic carbocycles. The minimum Gasteiger partial charge on any atom is -0.340 e. The average molecular weight is 387 g/mol. The van der Waals surface area contributed by atoms with Crippen molar-refractivity contribution in [3.05, 3.63) is 41.2 Å². The lowest BCUT2D eigenvalue weighted by atomic mass is 10.0. The standard InChI is InChI=1S/C17H20ClFN2O3S/c18-15-12-14(5-6-16(15)19)25(23,24)21-9-7-20(8-10-21)17(22)11-13-3-1-2-4-13/h1,3,5-6,12-13H,2,4,7-11H2/t13-/m1/s1. The monoisotopic (exact) mass is 386 g/mol. The summed E-state index contributed by atoms with van der Waals surface area (Å²) in [6.45, 7) is 1.18. The highest BCUT2D eigenvalue weighted by molar-refractivity contribution is 7.89. The summed E-state index contributed by atoms with van der Waals surface area (Å²) in [6, 6.07) is 3.38. The molecule has 0 radical (unpaired) electrons. The molecule has 0 spiro atoms. The Kier molecular flexibility index (Phi) is 5.46. The molecule has 0 N–H and O–H groups in total. The highest BCUT2D eigenvalue weighted by Gasteiger charge is 2.31. The molecular weight excluding hydrogens is 367 g/mol. The molecule has 1 atom stereocenters. The summed E-state index contributed by atoms with van der Waals surface area (Å²) in [4.78, 5) is 14.0. The van der Waals surface area contributed by atoms with Gasteiger partial charge in [-0.3, -0.25) is 4.79 Å². The molecule has 1 aromatic rings. The van der Waals surface area contributed by atoms with Crippen LogP contribution in [0.15, 0.2) is 35.2 Å². The number of halogens is 2. The van der Waals surface area contributed by atoms with Crippen molar-refractivity contribution in [2.45, 2.75) is 24.2 Å². The van der Waals surface area contributed by atoms with Crippen molar-refractivity contribution in [1.29, 1.82) is 0 Å². The molecule has 1 aliphatic heterocycles. The van der Waals surface area contributed by atoms with Gasteiger partial charge in [0.2, 0.25) is 15.9 Å². The van der Waals surface area contributed by atoms with Crippen LogP contribution in [-0.2, 0) is 14.8 Å². The molecule has 136 valence electrons. The van der Waals surface area contributed by atoms with Crippen LogP contribution in [0.1, 0.15) is 19.3 Å². The normalized spacial score (nSPS) is 21.7. The SMILES string of the molecule is O=C(C[C@@H]1C=CCC1)N1CCN(S(=O)(=O)c2ccc(F)c(Cl)c2)CC1. The van der Waals surface area contributed by atoms with E-state index in [9.17, 15) is 17.6 Å². The average Bonchev–Trinajstić information content (AvgIpc) is 3.10. The number of benzene rings is 1. The molecule has 1 aromatic carbocycles. The Hall–Kier alpha value is -1.44. The van der Waals surface area contributed by atoms with Gasteiger partial charge in [0, 0.05) is 32.6 Å². The second kappa shape index (κ2) is 7.43. The number of hydrogen-bond donors (Lipinski definition) is 0. The third-order valence-electron chi connectivity index (χ3n) is 4.67. The second-order valence-electron chi connectivity index (χ2n) is 6.33. The molecule has 1 saturated heterocycles. The molecule has 1 amide bonds. The fourth-order valence-electron chi connectivity index (χ4n) is 3.18. The summed E-state index contributed by atoms with van der Waals surface area (Å²) in [5.41, 5.74) is 0. The Morgan fingerprint density at radius 3 is 2.56 bits per heavy atom. The van der Waals surface area contributed by atoms with Gasteiger partial charge in [0.1, 0.15) is 5.82 Å². The molecule has 5 nitrogen and oxygen atoms in total. The van der Waals surface area contributed by atoms with E-state index in [1.807, 2.05) is 0 Å². The number of allylic oxidation sites excluding steroid dienone is 2. The Morgan fingerprint density at radius 2 is 1.96 bits per heavy atom. The summed E-state index contributed by atoms with van der Waals surface area (Å²) >= 11 is 5.69. The topological polar surface area (TPSA) is 57.7 Å². The van der Waals surface area contributed by atoms with Crippen LogP contribution in [0.2, 0.25) is 5.02 Å². The van der Waals surface area contributed by atoms with Gasteiger partial charge in [0.15, 0.2) is 0 Å². The van der Waals surface area contributed by atoms with E-state index in [2.05, 4.69) is 12.2 Å². The van der Waals surface area contributed by atoms with Gasteiger partial charge in [-0.1, -0.05) is 23.8 Å². The van der Waals surface area contributed by atoms with Crippen LogP contribution in [0.3, 0.4) is 0 Å². The summed E-state index contributed by atoms with van der Waals surface area (Å²) < 4.78 is 39.8. The van der Waals surface area contributed by atoms with Gasteiger partial charge in [-0.2, -0.15) is 4.31 Å². The summed E-state index contributed by atoms with van der Waals surface area (Å²) in [6.07, 6.45) is 6.68. The number of nitrogens with zero attached hydrogens (tertiary/aromatic N) is 2. The molecule has 3 rings (SSSR count). The lowest BCUT2D eigenvalue weighted by molar-refractivity contribution is -0.133. The molecule has 0 saturated carbocycles. The first-order chi connectivity index (χ1) is 11.9. The number of hydrogen-bond acceptors (Lipinski definition) is 3. The number of sulfonamides is 1. The molecule has 0 bridgehead atoms. The van der Waals surface area contributed by atoms with Crippen molar-refractivity contribution in [2.75, 3.05) is 26.2 Å². The smallest absolute Gasteiger partial charge is 0.243 e. The highest BCUT2D eigenvalue weighted by atomic mass is 35.5. The second-order valence-corrected chi connectivity index (χ2v) is 8.68. The van der Waals surface area contributed by atoms with Crippen LogP contribution >= 0.6 is 11.6 Å². The molecular formula is C17H20ClFN2O3S. The zero-order valence-electron chi connectivity index (χ0n) is 13.7. The van der Waals surface area contributed by atoms with Gasteiger partial charge >= 0.3 is 0 Å². The van der Waals surface area contributed by atoms with E-state index in [0.717, 1.165) is 25.0 Å². The predicted molar refractivity (Wildman–Crippen MR) is 93.2 cm³/mol. The molecule has 0 unspecified atom stereocenters. The fourth-order valence-corrected chi connectivity index (χ4v) is 4.88. The maximum atomic E-state index is 13.2. The summed E-state index contributed by atoms with van der Waals surface area (Å²) in [7, 11) is -3.74. The van der Waals surface area contributed by atoms with Crippen molar-refractivity contribution in [2.24, 2.45) is 5.92 Å². The maximum Gasteiger partial charge on any atom is 0.243 e. The largest absolute Gasteiger partial charge is 0.340 e. The number of carbonyl (C=O) groups is 1. The number of carbonyl (C=O) groups excluding carboxylic acids is 1. The lowest BCUT2D eigenvalue weighted by Crippen LogP contribution is -2.50. The van der Waals surface area contributed by atoms with Crippen LogP contribution in [0.4, 0.5) is 4.39 Å². The Labute approximate surface area is 152 Å². The van der Waals surface area contributed by atoms with E-state index >= 15 is 0 Å². The van der Waals surface area contributed by atoms with Crippen LogP contribution < -0.4 is 0 Å². The van der Waals surface area contributed by atoms with E-state index in [1.165, 1.54) is 10.4 Å². The molecule has 25 heavy (non-hydrogen) atoms. The van der Waals surface area contributed by atoms with Crippen LogP contribution in [0.25, 0.3) is 0 Å². The summed E-state index contributed by atoms with van der Waals surface area (Å²) in [5, 5.41) is -0.223. The van der Waals surface area contributed by atoms with E-state index in [1.54, 1.807) is 4.90 Å². The van der Waals surface area contributed by atoms with Gasteiger partial charge in [0.25, 0.3) is 0 Å². The van der Waals surface area contributed by atoms with E-state index in [4.69, 9.17) is 11.6 Å². The summed E-state index contributed by atoms with van der Waals surface area (Å²) in [5.74, 6) is -0.286. The molecule has 8 heteroatoms. The zero-order chi connectivity index (χ0) is 18.0. The van der Waals surface area contributed by atoms with Crippen LogP contribution in [0.5, 0.6) is 0 Å². The van der Waals surface area contributed by atoms with E-state index < -0.39 is 15.8 Å². The minimum atomic E-state index is -3.74. The van der Waals surface area contributed by atoms with Gasteiger partial charge in [-0.25, -0.2) is 12.8 Å². The first-order valence-corrected chi connectivity index (χ1v) is 10.1. The highest BCUT2D eigenvalue weighted by Crippen LogP contribution is 2.24. The van der Waals surface area contributed by atoms with Crippen molar-refractivity contribution in [1.82, 2.24) is 9.21 Å². The lowest BCUT2D eigenvalue weighted by Gasteiger charge is -2.34. The van der Waals surface area contributed by atoms with E-state index in [-0.39, 0.29) is 28.9 Å². The van der Waals surface area contributed by atoms with Crippen LogP contribution in [0, 0.1) is 11.7 Å². The van der Waals surface area contributed by atoms with Crippen LogP contribution in [-0.4, -0.2) is 49.7 Å². The van der Waals surface area contributed by atoms with Crippen molar-refractivity contribution < 1.29 is 17.6 Å². The third kappa shape index (κ3) is 4.04.